The third-order valence-corrected chi connectivity index (χ3v) is 4.82. The number of nitrogens with zero attached hydrogens (tertiary/aromatic N) is 3. The highest BCUT2D eigenvalue weighted by atomic mass is 32.1. The molecule has 7 nitrogen and oxygen atoms in total. The van der Waals surface area contributed by atoms with Crippen LogP contribution in [-0.4, -0.2) is 25.8 Å². The summed E-state index contributed by atoms with van der Waals surface area (Å²) in [6.07, 6.45) is 2.32. The summed E-state index contributed by atoms with van der Waals surface area (Å²) >= 11 is 1.25. The lowest BCUT2D eigenvalue weighted by atomic mass is 10.1. The van der Waals surface area contributed by atoms with E-state index in [1.54, 1.807) is 30.3 Å². The lowest BCUT2D eigenvalue weighted by Gasteiger charge is -2.13. The van der Waals surface area contributed by atoms with E-state index in [9.17, 15) is 14.7 Å². The SMILES string of the molecule is C=CCn1c(=O)c(C(=O)Nc2nnc(CC(C)C)s2)c(O)c2ccccc21. The van der Waals surface area contributed by atoms with E-state index in [1.165, 1.54) is 15.9 Å². The fourth-order valence-corrected chi connectivity index (χ4v) is 3.75. The Labute approximate surface area is 160 Å². The number of carbonyl (C=O) groups excluding carboxylic acids is 1. The van der Waals surface area contributed by atoms with Crippen LogP contribution in [0.15, 0.2) is 41.7 Å². The van der Waals surface area contributed by atoms with Crippen LogP contribution in [0.5, 0.6) is 5.75 Å². The lowest BCUT2D eigenvalue weighted by molar-refractivity contribution is 0.102. The van der Waals surface area contributed by atoms with Gasteiger partial charge in [0.05, 0.1) is 5.52 Å². The first-order valence-corrected chi connectivity index (χ1v) is 9.33. The van der Waals surface area contributed by atoms with Crippen LogP contribution in [0.3, 0.4) is 0 Å². The normalized spacial score (nSPS) is 11.1. The maximum atomic E-state index is 12.8. The number of anilines is 1. The van der Waals surface area contributed by atoms with Crippen LogP contribution < -0.4 is 10.9 Å². The molecule has 1 amide bonds. The van der Waals surface area contributed by atoms with Gasteiger partial charge in [-0.2, -0.15) is 0 Å². The molecule has 27 heavy (non-hydrogen) atoms. The largest absolute Gasteiger partial charge is 0.506 e. The average molecular weight is 384 g/mol. The number of fused-ring (bicyclic) bond motifs is 1. The van der Waals surface area contributed by atoms with Crippen molar-refractivity contribution in [3.8, 4) is 5.75 Å². The minimum absolute atomic E-state index is 0.219. The van der Waals surface area contributed by atoms with Crippen LogP contribution >= 0.6 is 11.3 Å². The number of rotatable bonds is 6. The van der Waals surface area contributed by atoms with Crippen LogP contribution in [0.1, 0.15) is 29.2 Å². The van der Waals surface area contributed by atoms with Crippen LogP contribution in [0.25, 0.3) is 10.9 Å². The number of hydrogen-bond donors (Lipinski definition) is 2. The van der Waals surface area contributed by atoms with E-state index in [4.69, 9.17) is 0 Å². The molecule has 0 aliphatic rings. The van der Waals surface area contributed by atoms with Crippen LogP contribution in [0, 0.1) is 5.92 Å². The Kier molecular flexibility index (Phi) is 5.36. The van der Waals surface area contributed by atoms with Gasteiger partial charge in [-0.3, -0.25) is 14.9 Å². The number of allylic oxidation sites excluding steroid dienone is 1. The Hall–Kier alpha value is -3.00. The van der Waals surface area contributed by atoms with E-state index in [2.05, 4.69) is 35.9 Å². The summed E-state index contributed by atoms with van der Waals surface area (Å²) in [7, 11) is 0. The van der Waals surface area contributed by atoms with Gasteiger partial charge in [0.15, 0.2) is 0 Å². The van der Waals surface area contributed by atoms with Gasteiger partial charge in [0, 0.05) is 18.4 Å². The average Bonchev–Trinajstić information content (AvgIpc) is 3.04. The fraction of sp³-hybridized carbons (Fsp3) is 0.263. The minimum atomic E-state index is -0.715. The zero-order valence-corrected chi connectivity index (χ0v) is 15.9. The summed E-state index contributed by atoms with van der Waals surface area (Å²) in [5, 5.41) is 22.6. The van der Waals surface area contributed by atoms with Gasteiger partial charge >= 0.3 is 0 Å². The third-order valence-electron chi connectivity index (χ3n) is 3.95. The monoisotopic (exact) mass is 384 g/mol. The number of amides is 1. The number of nitrogens with one attached hydrogen (secondary N) is 1. The topological polar surface area (TPSA) is 97.1 Å². The van der Waals surface area contributed by atoms with Crippen molar-refractivity contribution in [3.05, 3.63) is 57.8 Å². The van der Waals surface area contributed by atoms with Gasteiger partial charge in [-0.25, -0.2) is 0 Å². The number of para-hydroxylation sites is 1. The standard InChI is InChI=1S/C19H20N4O3S/c1-4-9-23-13-8-6-5-7-12(13)16(24)15(18(23)26)17(25)20-19-22-21-14(27-19)10-11(2)3/h4-8,11,24H,1,9-10H2,2-3H3,(H,20,22,25). The maximum absolute atomic E-state index is 12.8. The summed E-state index contributed by atoms with van der Waals surface area (Å²) in [6, 6.07) is 6.87. The Bertz CT molecular complexity index is 1070. The summed E-state index contributed by atoms with van der Waals surface area (Å²) < 4.78 is 1.40. The van der Waals surface area contributed by atoms with Crippen molar-refractivity contribution in [1.82, 2.24) is 14.8 Å². The molecule has 0 fully saturated rings. The van der Waals surface area contributed by atoms with Gasteiger partial charge in [-0.05, 0) is 18.1 Å². The van der Waals surface area contributed by atoms with Crippen molar-refractivity contribution in [2.24, 2.45) is 5.92 Å². The molecule has 0 saturated carbocycles. The predicted molar refractivity (Wildman–Crippen MR) is 106 cm³/mol. The first-order chi connectivity index (χ1) is 12.9. The van der Waals surface area contributed by atoms with Crippen LogP contribution in [0.2, 0.25) is 0 Å². The quantitative estimate of drug-likeness (QED) is 0.636. The highest BCUT2D eigenvalue weighted by molar-refractivity contribution is 7.15. The highest BCUT2D eigenvalue weighted by Gasteiger charge is 2.23. The number of carbonyl (C=O) groups is 1. The van der Waals surface area contributed by atoms with E-state index in [-0.39, 0.29) is 23.0 Å². The van der Waals surface area contributed by atoms with E-state index in [0.29, 0.717) is 16.8 Å². The second-order valence-electron chi connectivity index (χ2n) is 6.50. The van der Waals surface area contributed by atoms with Gasteiger partial charge in [0.2, 0.25) is 5.13 Å². The highest BCUT2D eigenvalue weighted by Crippen LogP contribution is 2.27. The Morgan fingerprint density at radius 3 is 2.81 bits per heavy atom. The molecular formula is C19H20N4O3S. The zero-order valence-electron chi connectivity index (χ0n) is 15.1. The molecule has 140 valence electrons. The molecule has 0 radical (unpaired) electrons. The second kappa shape index (κ2) is 7.71. The molecule has 0 spiro atoms. The van der Waals surface area contributed by atoms with Crippen molar-refractivity contribution >= 4 is 33.3 Å². The molecule has 0 aliphatic heterocycles. The molecule has 3 aromatic rings. The second-order valence-corrected chi connectivity index (χ2v) is 7.56. The van der Waals surface area contributed by atoms with Crippen molar-refractivity contribution in [3.63, 3.8) is 0 Å². The molecule has 2 aromatic heterocycles. The molecule has 0 unspecified atom stereocenters. The van der Waals surface area contributed by atoms with Crippen molar-refractivity contribution in [2.45, 2.75) is 26.8 Å². The molecule has 0 saturated heterocycles. The molecule has 0 aliphatic carbocycles. The van der Waals surface area contributed by atoms with Crippen molar-refractivity contribution in [1.29, 1.82) is 0 Å². The Morgan fingerprint density at radius 1 is 1.37 bits per heavy atom. The summed E-state index contributed by atoms with van der Waals surface area (Å²) in [5.74, 6) is -0.647. The number of pyridine rings is 1. The molecule has 3 rings (SSSR count). The molecule has 0 atom stereocenters. The summed E-state index contributed by atoms with van der Waals surface area (Å²) in [6.45, 7) is 8.00. The van der Waals surface area contributed by atoms with Gasteiger partial charge in [-0.1, -0.05) is 43.4 Å². The number of hydrogen-bond acceptors (Lipinski definition) is 6. The van der Waals surface area contributed by atoms with E-state index in [1.807, 2.05) is 0 Å². The molecule has 2 heterocycles. The van der Waals surface area contributed by atoms with Crippen LogP contribution in [0.4, 0.5) is 5.13 Å². The number of aromatic hydroxyl groups is 1. The van der Waals surface area contributed by atoms with Crippen LogP contribution in [-0.2, 0) is 13.0 Å². The number of aromatic nitrogens is 3. The van der Waals surface area contributed by atoms with Gasteiger partial charge < -0.3 is 9.67 Å². The van der Waals surface area contributed by atoms with E-state index < -0.39 is 11.5 Å². The smallest absolute Gasteiger partial charge is 0.268 e. The fourth-order valence-electron chi connectivity index (χ4n) is 2.80. The minimum Gasteiger partial charge on any atom is -0.506 e. The van der Waals surface area contributed by atoms with Crippen molar-refractivity contribution in [2.75, 3.05) is 5.32 Å². The van der Waals surface area contributed by atoms with E-state index >= 15 is 0 Å². The first kappa shape index (κ1) is 18.8. The molecule has 1 aromatic carbocycles. The van der Waals surface area contributed by atoms with E-state index in [0.717, 1.165) is 11.4 Å². The molecule has 2 N–H and O–H groups in total. The molecule has 0 bridgehead atoms. The van der Waals surface area contributed by atoms with Crippen molar-refractivity contribution < 1.29 is 9.90 Å². The zero-order chi connectivity index (χ0) is 19.6. The summed E-state index contributed by atoms with van der Waals surface area (Å²) in [5.41, 5.74) is -0.377. The predicted octanol–water partition coefficient (Wildman–Crippen LogP) is 3.20. The maximum Gasteiger partial charge on any atom is 0.268 e. The van der Waals surface area contributed by atoms with Gasteiger partial charge in [-0.15, -0.1) is 16.8 Å². The van der Waals surface area contributed by atoms with Gasteiger partial charge in [0.1, 0.15) is 16.3 Å². The number of benzene rings is 1. The Morgan fingerprint density at radius 2 is 2.11 bits per heavy atom. The van der Waals surface area contributed by atoms with Gasteiger partial charge in [0.25, 0.3) is 11.5 Å². The lowest BCUT2D eigenvalue weighted by Crippen LogP contribution is -2.29. The Balaban J connectivity index is 2.03. The summed E-state index contributed by atoms with van der Waals surface area (Å²) in [4.78, 5) is 25.6. The third kappa shape index (κ3) is 3.75. The molecule has 8 heteroatoms. The molecular weight excluding hydrogens is 364 g/mol. The first-order valence-electron chi connectivity index (χ1n) is 8.51.